The second-order valence-corrected chi connectivity index (χ2v) is 6.60. The SMILES string of the molecule is CC(C)CCCCn1c(C(C)Cl)nc2ccc(C#N)cc21. The van der Waals surface area contributed by atoms with Gasteiger partial charge in [-0.25, -0.2) is 4.98 Å². The number of benzene rings is 1. The maximum atomic E-state index is 9.07. The normalized spacial score (nSPS) is 12.8. The third-order valence-corrected chi connectivity index (χ3v) is 3.87. The van der Waals surface area contributed by atoms with E-state index in [1.807, 2.05) is 19.1 Å². The Morgan fingerprint density at radius 1 is 1.29 bits per heavy atom. The van der Waals surface area contributed by atoms with Crippen molar-refractivity contribution in [1.29, 1.82) is 5.26 Å². The van der Waals surface area contributed by atoms with Gasteiger partial charge < -0.3 is 4.57 Å². The topological polar surface area (TPSA) is 41.6 Å². The minimum absolute atomic E-state index is 0.131. The molecule has 1 unspecified atom stereocenters. The standard InChI is InChI=1S/C17H22ClN3/c1-12(2)6-4-5-9-21-16-10-14(11-19)7-8-15(16)20-17(21)13(3)18/h7-8,10,12-13H,4-6,9H2,1-3H3. The number of unbranched alkanes of at least 4 members (excludes halogenated alkanes) is 1. The number of aryl methyl sites for hydroxylation is 1. The van der Waals surface area contributed by atoms with Crippen LogP contribution in [0.4, 0.5) is 0 Å². The molecule has 2 rings (SSSR count). The van der Waals surface area contributed by atoms with Crippen molar-refractivity contribution in [3.63, 3.8) is 0 Å². The van der Waals surface area contributed by atoms with Gasteiger partial charge in [0, 0.05) is 6.54 Å². The lowest BCUT2D eigenvalue weighted by molar-refractivity contribution is 0.507. The molecule has 1 atom stereocenters. The van der Waals surface area contributed by atoms with Crippen LogP contribution in [0.2, 0.25) is 0 Å². The maximum absolute atomic E-state index is 9.07. The Kier molecular flexibility index (Phi) is 5.25. The number of rotatable bonds is 6. The minimum Gasteiger partial charge on any atom is -0.327 e. The summed E-state index contributed by atoms with van der Waals surface area (Å²) in [6.45, 7) is 7.35. The highest BCUT2D eigenvalue weighted by atomic mass is 35.5. The average Bonchev–Trinajstić information content (AvgIpc) is 2.81. The molecule has 0 aliphatic carbocycles. The van der Waals surface area contributed by atoms with Crippen molar-refractivity contribution >= 4 is 22.6 Å². The number of fused-ring (bicyclic) bond motifs is 1. The molecule has 0 fully saturated rings. The van der Waals surface area contributed by atoms with Crippen LogP contribution in [-0.2, 0) is 6.54 Å². The molecular formula is C17H22ClN3. The molecule has 0 amide bonds. The summed E-state index contributed by atoms with van der Waals surface area (Å²) in [4.78, 5) is 4.62. The fourth-order valence-corrected chi connectivity index (χ4v) is 2.74. The molecule has 0 saturated heterocycles. The van der Waals surface area contributed by atoms with Crippen molar-refractivity contribution in [1.82, 2.24) is 9.55 Å². The number of halogens is 1. The Hall–Kier alpha value is -1.53. The molecule has 1 aromatic carbocycles. The average molecular weight is 304 g/mol. The molecule has 0 aliphatic rings. The number of hydrogen-bond acceptors (Lipinski definition) is 2. The molecule has 0 aliphatic heterocycles. The highest BCUT2D eigenvalue weighted by Crippen LogP contribution is 2.26. The molecule has 0 bridgehead atoms. The number of nitrogens with zero attached hydrogens (tertiary/aromatic N) is 3. The third kappa shape index (κ3) is 3.77. The lowest BCUT2D eigenvalue weighted by Gasteiger charge is -2.11. The van der Waals surface area contributed by atoms with Gasteiger partial charge in [-0.3, -0.25) is 0 Å². The van der Waals surface area contributed by atoms with E-state index >= 15 is 0 Å². The van der Waals surface area contributed by atoms with E-state index in [1.54, 1.807) is 6.07 Å². The van der Waals surface area contributed by atoms with E-state index in [4.69, 9.17) is 16.9 Å². The number of imidazole rings is 1. The summed E-state index contributed by atoms with van der Waals surface area (Å²) in [6.07, 6.45) is 3.55. The van der Waals surface area contributed by atoms with Crippen molar-refractivity contribution in [2.45, 2.75) is 52.0 Å². The lowest BCUT2D eigenvalue weighted by atomic mass is 10.1. The molecule has 21 heavy (non-hydrogen) atoms. The maximum Gasteiger partial charge on any atom is 0.127 e. The van der Waals surface area contributed by atoms with E-state index in [0.29, 0.717) is 5.56 Å². The summed E-state index contributed by atoms with van der Waals surface area (Å²) in [5.41, 5.74) is 2.60. The van der Waals surface area contributed by atoms with E-state index in [2.05, 4.69) is 29.5 Å². The molecule has 0 saturated carbocycles. The summed E-state index contributed by atoms with van der Waals surface area (Å²) in [5, 5.41) is 8.94. The van der Waals surface area contributed by atoms with Gasteiger partial charge in [-0.2, -0.15) is 5.26 Å². The molecule has 3 nitrogen and oxygen atoms in total. The molecule has 4 heteroatoms. The molecule has 2 aromatic rings. The summed E-state index contributed by atoms with van der Waals surface area (Å²) >= 11 is 6.27. The molecule has 112 valence electrons. The first-order chi connectivity index (χ1) is 10.0. The second kappa shape index (κ2) is 6.95. The van der Waals surface area contributed by atoms with E-state index in [9.17, 15) is 0 Å². The Morgan fingerprint density at radius 2 is 2.05 bits per heavy atom. The van der Waals surface area contributed by atoms with Gasteiger partial charge in [-0.05, 0) is 37.5 Å². The molecule has 0 radical (unpaired) electrons. The number of aromatic nitrogens is 2. The fourth-order valence-electron chi connectivity index (χ4n) is 2.57. The summed E-state index contributed by atoms with van der Waals surface area (Å²) in [7, 11) is 0. The van der Waals surface area contributed by atoms with Crippen LogP contribution in [0.1, 0.15) is 56.8 Å². The first kappa shape index (κ1) is 15.9. The van der Waals surface area contributed by atoms with E-state index in [1.165, 1.54) is 12.8 Å². The van der Waals surface area contributed by atoms with Gasteiger partial charge in [0.25, 0.3) is 0 Å². The molecule has 1 aromatic heterocycles. The van der Waals surface area contributed by atoms with Crippen LogP contribution >= 0.6 is 11.6 Å². The predicted molar refractivity (Wildman–Crippen MR) is 87.4 cm³/mol. The first-order valence-electron chi connectivity index (χ1n) is 7.57. The Labute approximate surface area is 131 Å². The highest BCUT2D eigenvalue weighted by molar-refractivity contribution is 6.20. The Morgan fingerprint density at radius 3 is 2.67 bits per heavy atom. The smallest absolute Gasteiger partial charge is 0.127 e. The second-order valence-electron chi connectivity index (χ2n) is 5.94. The number of nitriles is 1. The minimum atomic E-state index is -0.131. The van der Waals surface area contributed by atoms with Crippen molar-refractivity contribution in [2.75, 3.05) is 0 Å². The molecule has 0 N–H and O–H groups in total. The molecular weight excluding hydrogens is 282 g/mol. The zero-order valence-electron chi connectivity index (χ0n) is 12.9. The van der Waals surface area contributed by atoms with Gasteiger partial charge in [0.15, 0.2) is 0 Å². The van der Waals surface area contributed by atoms with Crippen molar-refractivity contribution in [3.8, 4) is 6.07 Å². The fraction of sp³-hybridized carbons (Fsp3) is 0.529. The lowest BCUT2D eigenvalue weighted by Crippen LogP contribution is -2.05. The van der Waals surface area contributed by atoms with Crippen LogP contribution in [0.3, 0.4) is 0 Å². The van der Waals surface area contributed by atoms with Gasteiger partial charge in [0.05, 0.1) is 28.0 Å². The van der Waals surface area contributed by atoms with Crippen molar-refractivity contribution in [2.24, 2.45) is 5.92 Å². The highest BCUT2D eigenvalue weighted by Gasteiger charge is 2.15. The summed E-state index contributed by atoms with van der Waals surface area (Å²) < 4.78 is 2.17. The molecule has 1 heterocycles. The monoisotopic (exact) mass is 303 g/mol. The van der Waals surface area contributed by atoms with Gasteiger partial charge in [-0.15, -0.1) is 11.6 Å². The number of hydrogen-bond donors (Lipinski definition) is 0. The zero-order chi connectivity index (χ0) is 15.4. The number of alkyl halides is 1. The van der Waals surface area contributed by atoms with Crippen LogP contribution in [-0.4, -0.2) is 9.55 Å². The van der Waals surface area contributed by atoms with Gasteiger partial charge in [-0.1, -0.05) is 26.7 Å². The summed E-state index contributed by atoms with van der Waals surface area (Å²) in [6, 6.07) is 7.81. The van der Waals surface area contributed by atoms with Crippen LogP contribution in [0.15, 0.2) is 18.2 Å². The van der Waals surface area contributed by atoms with Crippen molar-refractivity contribution < 1.29 is 0 Å². The van der Waals surface area contributed by atoms with E-state index < -0.39 is 0 Å². The van der Waals surface area contributed by atoms with Gasteiger partial charge >= 0.3 is 0 Å². The van der Waals surface area contributed by atoms with E-state index in [0.717, 1.165) is 35.7 Å². The van der Waals surface area contributed by atoms with Crippen molar-refractivity contribution in [3.05, 3.63) is 29.6 Å². The molecule has 0 spiro atoms. The van der Waals surface area contributed by atoms with E-state index in [-0.39, 0.29) is 5.38 Å². The zero-order valence-corrected chi connectivity index (χ0v) is 13.7. The van der Waals surface area contributed by atoms with Crippen LogP contribution < -0.4 is 0 Å². The Balaban J connectivity index is 2.29. The largest absolute Gasteiger partial charge is 0.327 e. The predicted octanol–water partition coefficient (Wildman–Crippen LogP) is 5.03. The van der Waals surface area contributed by atoms with Crippen LogP contribution in [0.25, 0.3) is 11.0 Å². The first-order valence-corrected chi connectivity index (χ1v) is 8.01. The van der Waals surface area contributed by atoms with Crippen LogP contribution in [0.5, 0.6) is 0 Å². The van der Waals surface area contributed by atoms with Gasteiger partial charge in [0.2, 0.25) is 0 Å². The quantitative estimate of drug-likeness (QED) is 0.554. The third-order valence-electron chi connectivity index (χ3n) is 3.68. The Bertz CT molecular complexity index is 650. The summed E-state index contributed by atoms with van der Waals surface area (Å²) in [5.74, 6) is 1.63. The van der Waals surface area contributed by atoms with Gasteiger partial charge in [0.1, 0.15) is 5.82 Å². The van der Waals surface area contributed by atoms with Crippen LogP contribution in [0, 0.1) is 17.2 Å².